The van der Waals surface area contributed by atoms with Gasteiger partial charge in [-0.3, -0.25) is 0 Å². The normalized spacial score (nSPS) is 32.2. The standard InChI is InChI=1S/C34H26N2O2/c1-37-29-9-17-7-23-24(8-18(17)10-30(29)38-2)28-12-27(23)33-31-25-11-26(32(31)34(28)33)22-6-16-4-20(14-36)19(13-35)3-15(16)5-21(22)25/h3-10,25-28,31-34H,11-12H2,1-2H3/t25-,26+,27-,28+,31-,32+,33+,34-. The molecule has 0 amide bonds. The minimum absolute atomic E-state index is 0.482. The van der Waals surface area contributed by atoms with E-state index in [9.17, 15) is 10.5 Å². The Morgan fingerprint density at radius 2 is 0.842 bits per heavy atom. The fraction of sp³-hybridized carbons (Fsp3) is 0.353. The molecule has 5 aliphatic carbocycles. The maximum Gasteiger partial charge on any atom is 0.161 e. The summed E-state index contributed by atoms with van der Waals surface area (Å²) in [6, 6.07) is 22.1. The topological polar surface area (TPSA) is 66.0 Å². The number of hydrogen-bond acceptors (Lipinski definition) is 4. The number of hydrogen-bond donors (Lipinski definition) is 0. The van der Waals surface area contributed by atoms with E-state index in [0.717, 1.165) is 45.9 Å². The van der Waals surface area contributed by atoms with Gasteiger partial charge < -0.3 is 9.47 Å². The van der Waals surface area contributed by atoms with E-state index in [1.807, 2.05) is 12.1 Å². The van der Waals surface area contributed by atoms with Gasteiger partial charge in [0.25, 0.3) is 0 Å². The average molecular weight is 495 g/mol. The minimum Gasteiger partial charge on any atom is -0.493 e. The van der Waals surface area contributed by atoms with Gasteiger partial charge in [0, 0.05) is 0 Å². The molecule has 0 spiro atoms. The van der Waals surface area contributed by atoms with E-state index in [4.69, 9.17) is 9.47 Å². The van der Waals surface area contributed by atoms with Crippen LogP contribution in [0.25, 0.3) is 21.5 Å². The Balaban J connectivity index is 1.13. The second-order valence-electron chi connectivity index (χ2n) is 12.2. The van der Waals surface area contributed by atoms with Crippen molar-refractivity contribution in [2.45, 2.75) is 36.5 Å². The Labute approximate surface area is 221 Å². The average Bonchev–Trinajstić information content (AvgIpc) is 3.65. The van der Waals surface area contributed by atoms with E-state index < -0.39 is 0 Å². The summed E-state index contributed by atoms with van der Waals surface area (Å²) in [5, 5.41) is 23.8. The molecule has 0 heterocycles. The molecule has 4 aromatic rings. The molecule has 5 aliphatic rings. The predicted molar refractivity (Wildman–Crippen MR) is 145 cm³/mol. The van der Waals surface area contributed by atoms with Crippen molar-refractivity contribution in [2.24, 2.45) is 23.7 Å². The maximum absolute atomic E-state index is 9.54. The van der Waals surface area contributed by atoms with Crippen molar-refractivity contribution in [1.29, 1.82) is 10.5 Å². The van der Waals surface area contributed by atoms with Crippen LogP contribution in [0, 0.1) is 46.3 Å². The quantitative estimate of drug-likeness (QED) is 0.279. The SMILES string of the molecule is COc1cc2cc3c(cc2cc1OC)[C@@H]1C[C@H]3[C@H]2[C@H]3[C@@H]([C@H]21)[C@H]1C[C@@H]3c2cc3cc(C#N)c(C#N)cc3cc21. The third kappa shape index (κ3) is 2.28. The van der Waals surface area contributed by atoms with Gasteiger partial charge in [-0.2, -0.15) is 10.5 Å². The molecule has 3 saturated carbocycles. The summed E-state index contributed by atoms with van der Waals surface area (Å²) in [5.74, 6) is 7.37. The monoisotopic (exact) mass is 494 g/mol. The minimum atomic E-state index is 0.482. The van der Waals surface area contributed by atoms with Gasteiger partial charge in [-0.1, -0.05) is 24.3 Å². The summed E-state index contributed by atoms with van der Waals surface area (Å²) in [6.07, 6.45) is 2.58. The van der Waals surface area contributed by atoms with Gasteiger partial charge in [0.05, 0.1) is 25.3 Å². The molecule has 0 aliphatic heterocycles. The van der Waals surface area contributed by atoms with Crippen LogP contribution < -0.4 is 9.47 Å². The van der Waals surface area contributed by atoms with Crippen molar-refractivity contribution in [1.82, 2.24) is 0 Å². The van der Waals surface area contributed by atoms with Gasteiger partial charge in [0.2, 0.25) is 0 Å². The van der Waals surface area contributed by atoms with Crippen molar-refractivity contribution in [3.63, 3.8) is 0 Å². The molecule has 4 aromatic carbocycles. The Bertz CT molecular complexity index is 1710. The molecule has 4 nitrogen and oxygen atoms in total. The summed E-state index contributed by atoms with van der Waals surface area (Å²) in [6.45, 7) is 0. The zero-order chi connectivity index (χ0) is 25.4. The lowest BCUT2D eigenvalue weighted by Gasteiger charge is -2.57. The van der Waals surface area contributed by atoms with Crippen LogP contribution in [0.2, 0.25) is 0 Å². The van der Waals surface area contributed by atoms with Gasteiger partial charge in [0.1, 0.15) is 12.1 Å². The number of nitriles is 2. The highest BCUT2D eigenvalue weighted by Gasteiger charge is 2.71. The number of rotatable bonds is 2. The van der Waals surface area contributed by atoms with E-state index in [1.54, 1.807) is 25.3 Å². The molecule has 8 atom stereocenters. The van der Waals surface area contributed by atoms with Crippen LogP contribution in [0.1, 0.15) is 69.9 Å². The Morgan fingerprint density at radius 1 is 0.526 bits per heavy atom. The van der Waals surface area contributed by atoms with E-state index in [-0.39, 0.29) is 0 Å². The van der Waals surface area contributed by atoms with E-state index >= 15 is 0 Å². The predicted octanol–water partition coefficient (Wildman–Crippen LogP) is 7.10. The molecule has 3 fully saturated rings. The molecule has 38 heavy (non-hydrogen) atoms. The zero-order valence-electron chi connectivity index (χ0n) is 21.4. The third-order valence-electron chi connectivity index (χ3n) is 11.2. The first-order valence-electron chi connectivity index (χ1n) is 13.7. The van der Waals surface area contributed by atoms with Gasteiger partial charge in [-0.25, -0.2) is 0 Å². The summed E-state index contributed by atoms with van der Waals surface area (Å²) < 4.78 is 11.2. The lowest BCUT2D eigenvalue weighted by molar-refractivity contribution is -0.0193. The summed E-state index contributed by atoms with van der Waals surface area (Å²) in [5.41, 5.74) is 7.17. The van der Waals surface area contributed by atoms with E-state index in [0.29, 0.717) is 34.8 Å². The van der Waals surface area contributed by atoms with Crippen LogP contribution in [0.4, 0.5) is 0 Å². The van der Waals surface area contributed by atoms with E-state index in [2.05, 4.69) is 48.5 Å². The Morgan fingerprint density at radius 3 is 1.13 bits per heavy atom. The largest absolute Gasteiger partial charge is 0.493 e. The second kappa shape index (κ2) is 6.89. The van der Waals surface area contributed by atoms with E-state index in [1.165, 1.54) is 34.7 Å². The highest BCUT2D eigenvalue weighted by atomic mass is 16.5. The Kier molecular flexibility index (Phi) is 3.80. The molecule has 0 N–H and O–H groups in total. The van der Waals surface area contributed by atoms with Crippen LogP contribution >= 0.6 is 0 Å². The van der Waals surface area contributed by atoms with Gasteiger partial charge in [0.15, 0.2) is 11.5 Å². The molecule has 184 valence electrons. The molecule has 9 rings (SSSR count). The van der Waals surface area contributed by atoms with Crippen molar-refractivity contribution >= 4 is 21.5 Å². The maximum atomic E-state index is 9.54. The molecule has 0 radical (unpaired) electrons. The van der Waals surface area contributed by atoms with Gasteiger partial charge >= 0.3 is 0 Å². The van der Waals surface area contributed by atoms with Crippen LogP contribution in [-0.4, -0.2) is 14.2 Å². The Hall–Kier alpha value is -4.02. The first-order chi connectivity index (χ1) is 18.6. The van der Waals surface area contributed by atoms with Crippen molar-refractivity contribution in [2.75, 3.05) is 14.2 Å². The lowest BCUT2D eigenvalue weighted by atomic mass is 9.47. The van der Waals surface area contributed by atoms with Crippen molar-refractivity contribution in [3.8, 4) is 23.6 Å². The first-order valence-corrected chi connectivity index (χ1v) is 13.7. The molecular weight excluding hydrogens is 468 g/mol. The molecule has 4 heteroatoms. The lowest BCUT2D eigenvalue weighted by Crippen LogP contribution is -2.51. The third-order valence-corrected chi connectivity index (χ3v) is 11.2. The summed E-state index contributed by atoms with van der Waals surface area (Å²) in [7, 11) is 3.41. The highest BCUT2D eigenvalue weighted by Crippen LogP contribution is 2.81. The molecule has 0 unspecified atom stereocenters. The molecular formula is C34H26N2O2. The van der Waals surface area contributed by atoms with Crippen molar-refractivity contribution in [3.05, 3.63) is 81.9 Å². The zero-order valence-corrected chi connectivity index (χ0v) is 21.4. The number of nitrogens with zero attached hydrogens (tertiary/aromatic N) is 2. The van der Waals surface area contributed by atoms with Crippen molar-refractivity contribution < 1.29 is 9.47 Å². The number of ether oxygens (including phenoxy) is 2. The van der Waals surface area contributed by atoms with Gasteiger partial charge in [-0.05, 0) is 128 Å². The fourth-order valence-corrected chi connectivity index (χ4v) is 10.1. The number of methoxy groups -OCH3 is 2. The molecule has 4 bridgehead atoms. The number of fused-ring (bicyclic) bond motifs is 20. The molecule has 0 saturated heterocycles. The van der Waals surface area contributed by atoms with Crippen LogP contribution in [0.3, 0.4) is 0 Å². The van der Waals surface area contributed by atoms with Gasteiger partial charge in [-0.15, -0.1) is 0 Å². The highest BCUT2D eigenvalue weighted by molar-refractivity contribution is 5.89. The number of benzene rings is 4. The fourth-order valence-electron chi connectivity index (χ4n) is 10.1. The summed E-state index contributed by atoms with van der Waals surface area (Å²) in [4.78, 5) is 0. The summed E-state index contributed by atoms with van der Waals surface area (Å²) >= 11 is 0. The smallest absolute Gasteiger partial charge is 0.161 e. The first kappa shape index (κ1) is 21.0. The van der Waals surface area contributed by atoms with Crippen LogP contribution in [-0.2, 0) is 0 Å². The van der Waals surface area contributed by atoms with Crippen LogP contribution in [0.5, 0.6) is 11.5 Å². The van der Waals surface area contributed by atoms with Crippen LogP contribution in [0.15, 0.2) is 48.5 Å². The second-order valence-corrected chi connectivity index (χ2v) is 12.2. The molecule has 0 aromatic heterocycles.